The fraction of sp³-hybridized carbons (Fsp3) is 0.467. The minimum absolute atomic E-state index is 0.0155. The predicted octanol–water partition coefficient (Wildman–Crippen LogP) is 1.47. The van der Waals surface area contributed by atoms with Crippen LogP contribution in [0.3, 0.4) is 0 Å². The van der Waals surface area contributed by atoms with Crippen LogP contribution in [0.15, 0.2) is 18.2 Å². The highest BCUT2D eigenvalue weighted by Crippen LogP contribution is 2.22. The first kappa shape index (κ1) is 16.7. The van der Waals surface area contributed by atoms with Crippen LogP contribution in [0.2, 0.25) is 5.02 Å². The van der Waals surface area contributed by atoms with E-state index < -0.39 is 17.3 Å². The van der Waals surface area contributed by atoms with Gasteiger partial charge < -0.3 is 15.3 Å². The molecule has 2 N–H and O–H groups in total. The van der Waals surface area contributed by atoms with Crippen molar-refractivity contribution in [2.45, 2.75) is 31.9 Å². The first-order chi connectivity index (χ1) is 10.3. The van der Waals surface area contributed by atoms with Gasteiger partial charge in [0.1, 0.15) is 5.82 Å². The van der Waals surface area contributed by atoms with E-state index in [1.165, 1.54) is 30.0 Å². The molecule has 0 radical (unpaired) electrons. The smallest absolute Gasteiger partial charge is 0.254 e. The molecule has 1 heterocycles. The lowest BCUT2D eigenvalue weighted by atomic mass is 9.91. The van der Waals surface area contributed by atoms with Crippen LogP contribution in [0.1, 0.15) is 25.3 Å². The largest absolute Gasteiger partial charge is 0.378 e. The standard InChI is InChI=1S/C15H18ClFN2O3/c1-10(20)19-6-2-5-15(22,9-19)14(21)18-8-11-3-4-13(17)12(16)7-11/h3-4,7,22H,2,5-6,8-9H2,1H3,(H,18,21)/t15-/m1/s1. The number of halogens is 2. The number of nitrogens with zero attached hydrogens (tertiary/aromatic N) is 1. The average molecular weight is 329 g/mol. The summed E-state index contributed by atoms with van der Waals surface area (Å²) in [4.78, 5) is 25.1. The van der Waals surface area contributed by atoms with E-state index in [1.54, 1.807) is 0 Å². The Hall–Kier alpha value is -1.66. The molecule has 2 amide bonds. The number of aliphatic hydroxyl groups is 1. The lowest BCUT2D eigenvalue weighted by molar-refractivity contribution is -0.150. The van der Waals surface area contributed by atoms with Crippen LogP contribution in [-0.4, -0.2) is 40.5 Å². The molecule has 5 nitrogen and oxygen atoms in total. The van der Waals surface area contributed by atoms with E-state index in [9.17, 15) is 19.1 Å². The number of likely N-dealkylation sites (tertiary alicyclic amines) is 1. The van der Waals surface area contributed by atoms with Crippen LogP contribution in [-0.2, 0) is 16.1 Å². The number of β-amino-alcohol motifs (C(OH)–C–C–N with tert-alkyl or cyclic N) is 1. The molecular formula is C15H18ClFN2O3. The molecule has 2 rings (SSSR count). The van der Waals surface area contributed by atoms with Gasteiger partial charge in [-0.1, -0.05) is 17.7 Å². The molecule has 0 aliphatic carbocycles. The lowest BCUT2D eigenvalue weighted by Crippen LogP contribution is -2.57. The van der Waals surface area contributed by atoms with Gasteiger partial charge in [-0.25, -0.2) is 4.39 Å². The Morgan fingerprint density at radius 1 is 1.50 bits per heavy atom. The maximum Gasteiger partial charge on any atom is 0.254 e. The number of carbonyl (C=O) groups excluding carboxylic acids is 2. The zero-order valence-corrected chi connectivity index (χ0v) is 13.0. The fourth-order valence-corrected chi connectivity index (χ4v) is 2.69. The second-order valence-corrected chi connectivity index (χ2v) is 5.91. The van der Waals surface area contributed by atoms with Crippen molar-refractivity contribution < 1.29 is 19.1 Å². The number of rotatable bonds is 3. The van der Waals surface area contributed by atoms with E-state index in [-0.39, 0.29) is 24.0 Å². The van der Waals surface area contributed by atoms with Gasteiger partial charge in [-0.3, -0.25) is 9.59 Å². The van der Waals surface area contributed by atoms with Crippen molar-refractivity contribution in [1.82, 2.24) is 10.2 Å². The van der Waals surface area contributed by atoms with E-state index in [4.69, 9.17) is 11.6 Å². The minimum atomic E-state index is -1.59. The average Bonchev–Trinajstić information content (AvgIpc) is 2.48. The van der Waals surface area contributed by atoms with Crippen LogP contribution in [0.5, 0.6) is 0 Å². The Labute approximate surface area is 133 Å². The minimum Gasteiger partial charge on any atom is -0.378 e. The summed E-state index contributed by atoms with van der Waals surface area (Å²) in [6.45, 7) is 2.06. The third-order valence-electron chi connectivity index (χ3n) is 3.78. The van der Waals surface area contributed by atoms with Gasteiger partial charge >= 0.3 is 0 Å². The first-order valence-electron chi connectivity index (χ1n) is 7.02. The molecule has 0 saturated carbocycles. The molecule has 120 valence electrons. The lowest BCUT2D eigenvalue weighted by Gasteiger charge is -2.37. The number of hydrogen-bond donors (Lipinski definition) is 2. The Balaban J connectivity index is 1.98. The summed E-state index contributed by atoms with van der Waals surface area (Å²) in [6, 6.07) is 4.15. The molecule has 1 fully saturated rings. The molecule has 0 spiro atoms. The summed E-state index contributed by atoms with van der Waals surface area (Å²) in [5.41, 5.74) is -0.962. The van der Waals surface area contributed by atoms with E-state index in [2.05, 4.69) is 5.32 Å². The molecule has 0 unspecified atom stereocenters. The molecule has 1 aromatic rings. The van der Waals surface area contributed by atoms with Crippen LogP contribution in [0.4, 0.5) is 4.39 Å². The van der Waals surface area contributed by atoms with Crippen molar-refractivity contribution in [1.29, 1.82) is 0 Å². The highest BCUT2D eigenvalue weighted by atomic mass is 35.5. The zero-order valence-electron chi connectivity index (χ0n) is 12.2. The fourth-order valence-electron chi connectivity index (χ4n) is 2.49. The molecule has 1 aromatic carbocycles. The second-order valence-electron chi connectivity index (χ2n) is 5.51. The summed E-state index contributed by atoms with van der Waals surface area (Å²) in [5.74, 6) is -1.24. The van der Waals surface area contributed by atoms with Crippen molar-refractivity contribution in [3.63, 3.8) is 0 Å². The van der Waals surface area contributed by atoms with Crippen LogP contribution in [0.25, 0.3) is 0 Å². The van der Waals surface area contributed by atoms with Gasteiger partial charge in [0.25, 0.3) is 5.91 Å². The molecule has 1 aliphatic heterocycles. The highest BCUT2D eigenvalue weighted by molar-refractivity contribution is 6.30. The van der Waals surface area contributed by atoms with Gasteiger partial charge in [-0.05, 0) is 30.5 Å². The van der Waals surface area contributed by atoms with Gasteiger partial charge in [-0.2, -0.15) is 0 Å². The summed E-state index contributed by atoms with van der Waals surface area (Å²) >= 11 is 5.68. The number of benzene rings is 1. The molecule has 22 heavy (non-hydrogen) atoms. The van der Waals surface area contributed by atoms with E-state index in [0.29, 0.717) is 24.9 Å². The van der Waals surface area contributed by atoms with E-state index in [0.717, 1.165) is 0 Å². The number of hydrogen-bond acceptors (Lipinski definition) is 3. The SMILES string of the molecule is CC(=O)N1CCC[C@](O)(C(=O)NCc2ccc(F)c(Cl)c2)C1. The van der Waals surface area contributed by atoms with Crippen molar-refractivity contribution in [3.05, 3.63) is 34.6 Å². The number of nitrogens with one attached hydrogen (secondary N) is 1. The molecule has 0 bridgehead atoms. The van der Waals surface area contributed by atoms with Crippen LogP contribution in [0, 0.1) is 5.82 Å². The highest BCUT2D eigenvalue weighted by Gasteiger charge is 2.40. The van der Waals surface area contributed by atoms with Gasteiger partial charge in [0, 0.05) is 20.0 Å². The topological polar surface area (TPSA) is 69.6 Å². The van der Waals surface area contributed by atoms with Gasteiger partial charge in [0.15, 0.2) is 5.60 Å². The third kappa shape index (κ3) is 3.75. The van der Waals surface area contributed by atoms with Crippen LogP contribution < -0.4 is 5.32 Å². The maximum absolute atomic E-state index is 13.1. The number of amides is 2. The first-order valence-corrected chi connectivity index (χ1v) is 7.40. The van der Waals surface area contributed by atoms with Crippen LogP contribution >= 0.6 is 11.6 Å². The van der Waals surface area contributed by atoms with Crippen molar-refractivity contribution >= 4 is 23.4 Å². The van der Waals surface area contributed by atoms with Crippen molar-refractivity contribution in [2.75, 3.05) is 13.1 Å². The molecule has 7 heteroatoms. The van der Waals surface area contributed by atoms with Gasteiger partial charge in [-0.15, -0.1) is 0 Å². The Morgan fingerprint density at radius 3 is 2.86 bits per heavy atom. The summed E-state index contributed by atoms with van der Waals surface area (Å²) in [5, 5.41) is 13.0. The molecular weight excluding hydrogens is 311 g/mol. The van der Waals surface area contributed by atoms with Crippen molar-refractivity contribution in [3.8, 4) is 0 Å². The Kier molecular flexibility index (Phi) is 5.03. The monoisotopic (exact) mass is 328 g/mol. The maximum atomic E-state index is 13.1. The number of piperidine rings is 1. The number of carbonyl (C=O) groups is 2. The van der Waals surface area contributed by atoms with Gasteiger partial charge in [0.2, 0.25) is 5.91 Å². The zero-order chi connectivity index (χ0) is 16.3. The van der Waals surface area contributed by atoms with Gasteiger partial charge in [0.05, 0.1) is 11.6 Å². The summed E-state index contributed by atoms with van der Waals surface area (Å²) in [7, 11) is 0. The molecule has 1 atom stereocenters. The second kappa shape index (κ2) is 6.62. The molecule has 1 saturated heterocycles. The van der Waals surface area contributed by atoms with E-state index in [1.807, 2.05) is 0 Å². The Morgan fingerprint density at radius 2 is 2.23 bits per heavy atom. The molecule has 0 aromatic heterocycles. The summed E-state index contributed by atoms with van der Waals surface area (Å²) < 4.78 is 13.1. The third-order valence-corrected chi connectivity index (χ3v) is 4.07. The normalized spacial score (nSPS) is 21.5. The van der Waals surface area contributed by atoms with E-state index >= 15 is 0 Å². The predicted molar refractivity (Wildman–Crippen MR) is 79.7 cm³/mol. The Bertz CT molecular complexity index is 596. The quantitative estimate of drug-likeness (QED) is 0.882. The van der Waals surface area contributed by atoms with Crippen molar-refractivity contribution in [2.24, 2.45) is 0 Å². The summed E-state index contributed by atoms with van der Waals surface area (Å²) in [6.07, 6.45) is 0.860. The molecule has 1 aliphatic rings.